The molecule has 0 unspecified atom stereocenters. The number of likely N-dealkylation sites (N-methyl/N-ethyl adjacent to an activating group) is 1. The Morgan fingerprint density at radius 1 is 1.15 bits per heavy atom. The lowest BCUT2D eigenvalue weighted by molar-refractivity contribution is -0.129. The van der Waals surface area contributed by atoms with E-state index in [4.69, 9.17) is 9.47 Å². The van der Waals surface area contributed by atoms with Crippen molar-refractivity contribution in [3.05, 3.63) is 59.5 Å². The predicted molar refractivity (Wildman–Crippen MR) is 127 cm³/mol. The van der Waals surface area contributed by atoms with Gasteiger partial charge >= 0.3 is 0 Å². The van der Waals surface area contributed by atoms with Crippen molar-refractivity contribution in [1.82, 2.24) is 19.2 Å². The van der Waals surface area contributed by atoms with E-state index >= 15 is 0 Å². The van der Waals surface area contributed by atoms with E-state index in [1.165, 1.54) is 17.5 Å². The number of nitrogens with zero attached hydrogens (tertiary/aromatic N) is 4. The van der Waals surface area contributed by atoms with E-state index in [1.807, 2.05) is 31.2 Å². The summed E-state index contributed by atoms with van der Waals surface area (Å²) in [5, 5.41) is 0.979. The number of carbonyl (C=O) groups is 1. The van der Waals surface area contributed by atoms with Crippen LogP contribution in [0.1, 0.15) is 17.1 Å². The molecule has 1 saturated heterocycles. The number of methoxy groups -OCH3 is 1. The average Bonchev–Trinajstić information content (AvgIpc) is 2.84. The lowest BCUT2D eigenvalue weighted by atomic mass is 10.1. The summed E-state index contributed by atoms with van der Waals surface area (Å²) in [6.45, 7) is 3.43. The number of para-hydroxylation sites is 1. The highest BCUT2D eigenvalue weighted by Gasteiger charge is 2.29. The number of hydrogen-bond acceptors (Lipinski definition) is 7. The van der Waals surface area contributed by atoms with Gasteiger partial charge in [-0.25, -0.2) is 18.4 Å². The molecular formula is C24H28N4O5S. The van der Waals surface area contributed by atoms with Gasteiger partial charge in [-0.3, -0.25) is 4.79 Å². The maximum absolute atomic E-state index is 13.2. The number of morpholine rings is 1. The van der Waals surface area contributed by atoms with Gasteiger partial charge in [0.25, 0.3) is 0 Å². The van der Waals surface area contributed by atoms with Gasteiger partial charge in [0.15, 0.2) is 0 Å². The fourth-order valence-electron chi connectivity index (χ4n) is 3.93. The van der Waals surface area contributed by atoms with Gasteiger partial charge in [0.2, 0.25) is 15.9 Å². The number of hydrogen-bond donors (Lipinski definition) is 0. The third kappa shape index (κ3) is 5.03. The van der Waals surface area contributed by atoms with Gasteiger partial charge in [-0.2, -0.15) is 4.31 Å². The smallest absolute Gasteiger partial charge is 0.246 e. The van der Waals surface area contributed by atoms with Crippen LogP contribution in [-0.2, 0) is 32.5 Å². The summed E-state index contributed by atoms with van der Waals surface area (Å²) in [7, 11) is -0.660. The highest BCUT2D eigenvalue weighted by Crippen LogP contribution is 2.29. The van der Waals surface area contributed by atoms with E-state index in [0.717, 1.165) is 16.6 Å². The SMILES string of the molecule is COc1ccc(CC(=O)N(C)Cc2nc(C)c3ccccc3n2)cc1S(=O)(=O)N1CCOCC1. The first-order valence-corrected chi connectivity index (χ1v) is 12.4. The molecule has 0 spiro atoms. The van der Waals surface area contributed by atoms with Crippen molar-refractivity contribution in [3.63, 3.8) is 0 Å². The van der Waals surface area contributed by atoms with E-state index < -0.39 is 10.0 Å². The molecule has 180 valence electrons. The number of ether oxygens (including phenoxy) is 2. The van der Waals surface area contributed by atoms with E-state index in [-0.39, 0.29) is 42.6 Å². The zero-order valence-electron chi connectivity index (χ0n) is 19.5. The average molecular weight is 485 g/mol. The molecule has 1 aliphatic heterocycles. The molecule has 2 aromatic carbocycles. The van der Waals surface area contributed by atoms with Crippen molar-refractivity contribution in [1.29, 1.82) is 0 Å². The number of aromatic nitrogens is 2. The van der Waals surface area contributed by atoms with Crippen LogP contribution in [0, 0.1) is 6.92 Å². The van der Waals surface area contributed by atoms with E-state index in [2.05, 4.69) is 9.97 Å². The van der Waals surface area contributed by atoms with Gasteiger partial charge in [0, 0.05) is 31.2 Å². The van der Waals surface area contributed by atoms with Gasteiger partial charge in [-0.05, 0) is 30.7 Å². The van der Waals surface area contributed by atoms with Crippen LogP contribution < -0.4 is 4.74 Å². The highest BCUT2D eigenvalue weighted by atomic mass is 32.2. The zero-order valence-corrected chi connectivity index (χ0v) is 20.3. The summed E-state index contributed by atoms with van der Waals surface area (Å²) in [4.78, 5) is 23.6. The van der Waals surface area contributed by atoms with Crippen molar-refractivity contribution in [2.45, 2.75) is 24.8 Å². The highest BCUT2D eigenvalue weighted by molar-refractivity contribution is 7.89. The van der Waals surface area contributed by atoms with Crippen LogP contribution in [0.4, 0.5) is 0 Å². The van der Waals surface area contributed by atoms with Crippen LogP contribution in [0.3, 0.4) is 0 Å². The molecule has 3 aromatic rings. The third-order valence-corrected chi connectivity index (χ3v) is 7.74. The number of aryl methyl sites for hydroxylation is 1. The number of carbonyl (C=O) groups excluding carboxylic acids is 1. The second kappa shape index (κ2) is 10.0. The second-order valence-electron chi connectivity index (χ2n) is 8.17. The van der Waals surface area contributed by atoms with Crippen LogP contribution in [-0.4, -0.2) is 74.0 Å². The predicted octanol–water partition coefficient (Wildman–Crippen LogP) is 2.17. The monoisotopic (exact) mass is 484 g/mol. The lowest BCUT2D eigenvalue weighted by Gasteiger charge is -2.27. The summed E-state index contributed by atoms with van der Waals surface area (Å²) in [6.07, 6.45) is 0.0404. The Hall–Kier alpha value is -3.08. The molecule has 0 atom stereocenters. The quantitative estimate of drug-likeness (QED) is 0.506. The van der Waals surface area contributed by atoms with Gasteiger partial charge in [0.05, 0.1) is 38.8 Å². The molecule has 0 N–H and O–H groups in total. The molecule has 9 nitrogen and oxygen atoms in total. The molecule has 4 rings (SSSR count). The van der Waals surface area contributed by atoms with Crippen LogP contribution >= 0.6 is 0 Å². The number of sulfonamides is 1. The maximum atomic E-state index is 13.2. The molecular weight excluding hydrogens is 456 g/mol. The first kappa shape index (κ1) is 24.1. The minimum absolute atomic E-state index is 0.0404. The normalized spacial score (nSPS) is 14.8. The van der Waals surface area contributed by atoms with E-state index in [1.54, 1.807) is 24.1 Å². The Morgan fingerprint density at radius 3 is 2.62 bits per heavy atom. The van der Waals surface area contributed by atoms with Crippen LogP contribution in [0.2, 0.25) is 0 Å². The Bertz CT molecular complexity index is 1310. The minimum atomic E-state index is -3.77. The number of amides is 1. The second-order valence-corrected chi connectivity index (χ2v) is 10.1. The molecule has 1 aliphatic rings. The number of fused-ring (bicyclic) bond motifs is 1. The molecule has 1 amide bonds. The van der Waals surface area contributed by atoms with Crippen LogP contribution in [0.25, 0.3) is 10.9 Å². The Balaban J connectivity index is 1.52. The van der Waals surface area contributed by atoms with Gasteiger partial charge in [-0.1, -0.05) is 24.3 Å². The van der Waals surface area contributed by atoms with E-state index in [9.17, 15) is 13.2 Å². The van der Waals surface area contributed by atoms with E-state index in [0.29, 0.717) is 24.6 Å². The number of benzene rings is 2. The van der Waals surface area contributed by atoms with Crippen LogP contribution in [0.5, 0.6) is 5.75 Å². The first-order valence-electron chi connectivity index (χ1n) is 11.0. The summed E-state index contributed by atoms with van der Waals surface area (Å²) in [6, 6.07) is 12.6. The zero-order chi connectivity index (χ0) is 24.3. The van der Waals surface area contributed by atoms with Gasteiger partial charge < -0.3 is 14.4 Å². The summed E-state index contributed by atoms with van der Waals surface area (Å²) in [5.41, 5.74) is 2.27. The maximum Gasteiger partial charge on any atom is 0.246 e. The lowest BCUT2D eigenvalue weighted by Crippen LogP contribution is -2.40. The first-order chi connectivity index (χ1) is 16.3. The molecule has 0 saturated carbocycles. The Kier molecular flexibility index (Phi) is 7.11. The largest absolute Gasteiger partial charge is 0.495 e. The molecule has 0 bridgehead atoms. The molecule has 1 fully saturated rings. The molecule has 2 heterocycles. The van der Waals surface area contributed by atoms with Gasteiger partial charge in [-0.15, -0.1) is 0 Å². The van der Waals surface area contributed by atoms with Crippen molar-refractivity contribution in [2.75, 3.05) is 40.5 Å². The molecule has 34 heavy (non-hydrogen) atoms. The van der Waals surface area contributed by atoms with Crippen molar-refractivity contribution in [2.24, 2.45) is 0 Å². The summed E-state index contributed by atoms with van der Waals surface area (Å²) in [5.74, 6) is 0.628. The fourth-order valence-corrected chi connectivity index (χ4v) is 5.55. The summed E-state index contributed by atoms with van der Waals surface area (Å²) < 4.78 is 38.4. The third-order valence-electron chi connectivity index (χ3n) is 5.82. The minimum Gasteiger partial charge on any atom is -0.495 e. The fraction of sp³-hybridized carbons (Fsp3) is 0.375. The van der Waals surface area contributed by atoms with Gasteiger partial charge in [0.1, 0.15) is 16.5 Å². The molecule has 0 aliphatic carbocycles. The Morgan fingerprint density at radius 2 is 1.88 bits per heavy atom. The Labute approximate surface area is 199 Å². The van der Waals surface area contributed by atoms with Crippen molar-refractivity contribution < 1.29 is 22.7 Å². The summed E-state index contributed by atoms with van der Waals surface area (Å²) >= 11 is 0. The topological polar surface area (TPSA) is 102 Å². The molecule has 0 radical (unpaired) electrons. The number of rotatable bonds is 7. The van der Waals surface area contributed by atoms with Crippen LogP contribution in [0.15, 0.2) is 47.4 Å². The van der Waals surface area contributed by atoms with Crippen molar-refractivity contribution in [3.8, 4) is 5.75 Å². The molecule has 1 aromatic heterocycles. The van der Waals surface area contributed by atoms with Crippen molar-refractivity contribution >= 4 is 26.8 Å². The molecule has 10 heteroatoms. The standard InChI is InChI=1S/C24H28N4O5S/c1-17-19-6-4-5-7-20(19)26-23(25-17)16-27(2)24(29)15-18-8-9-21(32-3)22(14-18)34(30,31)28-10-12-33-13-11-28/h4-9,14H,10-13,15-16H2,1-3H3.